The van der Waals surface area contributed by atoms with Crippen LogP contribution in [0.4, 0.5) is 0 Å². The van der Waals surface area contributed by atoms with Gasteiger partial charge in [-0.3, -0.25) is 4.68 Å². The molecular formula is C12H21BrN2. The zero-order valence-corrected chi connectivity index (χ0v) is 11.9. The van der Waals surface area contributed by atoms with Crippen molar-refractivity contribution in [1.82, 2.24) is 9.78 Å². The van der Waals surface area contributed by atoms with Crippen molar-refractivity contribution >= 4 is 15.9 Å². The fourth-order valence-electron chi connectivity index (χ4n) is 1.70. The zero-order chi connectivity index (χ0) is 11.6. The molecule has 0 aromatic carbocycles. The Balaban J connectivity index is 2.80. The number of nitrogens with zero attached hydrogens (tertiary/aromatic N) is 2. The predicted molar refractivity (Wildman–Crippen MR) is 68.4 cm³/mol. The Morgan fingerprint density at radius 3 is 2.40 bits per heavy atom. The molecule has 0 bridgehead atoms. The zero-order valence-electron chi connectivity index (χ0n) is 10.3. The van der Waals surface area contributed by atoms with Crippen molar-refractivity contribution in [3.05, 3.63) is 17.5 Å². The van der Waals surface area contributed by atoms with E-state index in [2.05, 4.69) is 47.9 Å². The molecule has 0 N–H and O–H groups in total. The van der Waals surface area contributed by atoms with Crippen LogP contribution >= 0.6 is 15.9 Å². The van der Waals surface area contributed by atoms with E-state index in [9.17, 15) is 0 Å². The molecule has 1 aromatic rings. The Hall–Kier alpha value is -0.310. The molecule has 0 aliphatic rings. The lowest BCUT2D eigenvalue weighted by Gasteiger charge is -2.29. The SMILES string of the molecule is Cc1cc(CC(CBr)C(C)(C)C)n(C)n1. The first-order valence-corrected chi connectivity index (χ1v) is 6.52. The van der Waals surface area contributed by atoms with Gasteiger partial charge in [0, 0.05) is 18.1 Å². The Morgan fingerprint density at radius 2 is 2.07 bits per heavy atom. The predicted octanol–water partition coefficient (Wildman–Crippen LogP) is 3.33. The number of hydrogen-bond donors (Lipinski definition) is 0. The first-order chi connectivity index (χ1) is 6.84. The van der Waals surface area contributed by atoms with Crippen LogP contribution in [-0.2, 0) is 13.5 Å². The van der Waals surface area contributed by atoms with Crippen molar-refractivity contribution in [2.45, 2.75) is 34.1 Å². The highest BCUT2D eigenvalue weighted by atomic mass is 79.9. The molecule has 0 saturated heterocycles. The molecule has 1 heterocycles. The van der Waals surface area contributed by atoms with Crippen LogP contribution in [0.1, 0.15) is 32.2 Å². The second kappa shape index (κ2) is 4.69. The summed E-state index contributed by atoms with van der Waals surface area (Å²) in [5.74, 6) is 0.646. The summed E-state index contributed by atoms with van der Waals surface area (Å²) >= 11 is 3.61. The molecule has 1 atom stereocenters. The largest absolute Gasteiger partial charge is 0.272 e. The lowest BCUT2D eigenvalue weighted by Crippen LogP contribution is -2.24. The Bertz CT molecular complexity index is 323. The highest BCUT2D eigenvalue weighted by Crippen LogP contribution is 2.30. The van der Waals surface area contributed by atoms with Crippen LogP contribution < -0.4 is 0 Å². The van der Waals surface area contributed by atoms with Gasteiger partial charge in [-0.1, -0.05) is 36.7 Å². The molecule has 0 aliphatic carbocycles. The van der Waals surface area contributed by atoms with Crippen LogP contribution in [0.5, 0.6) is 0 Å². The van der Waals surface area contributed by atoms with Gasteiger partial charge in [0.2, 0.25) is 0 Å². The molecule has 0 fully saturated rings. The summed E-state index contributed by atoms with van der Waals surface area (Å²) in [5.41, 5.74) is 2.77. The van der Waals surface area contributed by atoms with E-state index in [1.54, 1.807) is 0 Å². The maximum absolute atomic E-state index is 4.38. The van der Waals surface area contributed by atoms with Gasteiger partial charge in [0.05, 0.1) is 5.69 Å². The van der Waals surface area contributed by atoms with E-state index in [1.807, 2.05) is 18.7 Å². The van der Waals surface area contributed by atoms with Crippen LogP contribution in [0.25, 0.3) is 0 Å². The molecule has 1 unspecified atom stereocenters. The Morgan fingerprint density at radius 1 is 1.47 bits per heavy atom. The second-order valence-corrected chi connectivity index (χ2v) is 5.97. The molecule has 1 aromatic heterocycles. The maximum atomic E-state index is 4.38. The number of hydrogen-bond acceptors (Lipinski definition) is 1. The van der Waals surface area contributed by atoms with Gasteiger partial charge in [0.15, 0.2) is 0 Å². The van der Waals surface area contributed by atoms with E-state index in [0.29, 0.717) is 11.3 Å². The smallest absolute Gasteiger partial charge is 0.0596 e. The Kier molecular flexibility index (Phi) is 3.99. The molecule has 3 heteroatoms. The quantitative estimate of drug-likeness (QED) is 0.772. The van der Waals surface area contributed by atoms with Gasteiger partial charge in [-0.25, -0.2) is 0 Å². The molecule has 0 aliphatic heterocycles. The highest BCUT2D eigenvalue weighted by Gasteiger charge is 2.24. The average molecular weight is 273 g/mol. The van der Waals surface area contributed by atoms with E-state index in [1.165, 1.54) is 5.69 Å². The van der Waals surface area contributed by atoms with E-state index >= 15 is 0 Å². The van der Waals surface area contributed by atoms with Crippen molar-refractivity contribution in [3.63, 3.8) is 0 Å². The molecule has 1 rings (SSSR count). The maximum Gasteiger partial charge on any atom is 0.0596 e. The highest BCUT2D eigenvalue weighted by molar-refractivity contribution is 9.09. The topological polar surface area (TPSA) is 17.8 Å². The van der Waals surface area contributed by atoms with Gasteiger partial charge in [-0.2, -0.15) is 5.10 Å². The summed E-state index contributed by atoms with van der Waals surface area (Å²) in [4.78, 5) is 0. The molecule has 86 valence electrons. The fourth-order valence-corrected chi connectivity index (χ4v) is 2.90. The molecule has 0 radical (unpaired) electrons. The van der Waals surface area contributed by atoms with E-state index < -0.39 is 0 Å². The van der Waals surface area contributed by atoms with Crippen molar-refractivity contribution in [2.75, 3.05) is 5.33 Å². The molecule has 0 amide bonds. The van der Waals surface area contributed by atoms with Crippen LogP contribution in [-0.4, -0.2) is 15.1 Å². The monoisotopic (exact) mass is 272 g/mol. The third-order valence-electron chi connectivity index (χ3n) is 2.97. The first kappa shape index (κ1) is 12.8. The van der Waals surface area contributed by atoms with Gasteiger partial charge in [-0.15, -0.1) is 0 Å². The lowest BCUT2D eigenvalue weighted by atomic mass is 9.79. The second-order valence-electron chi connectivity index (χ2n) is 5.32. The minimum Gasteiger partial charge on any atom is -0.272 e. The molecule has 0 saturated carbocycles. The van der Waals surface area contributed by atoms with Gasteiger partial charge >= 0.3 is 0 Å². The van der Waals surface area contributed by atoms with Crippen LogP contribution in [0.2, 0.25) is 0 Å². The number of alkyl halides is 1. The van der Waals surface area contributed by atoms with Crippen molar-refractivity contribution in [3.8, 4) is 0 Å². The summed E-state index contributed by atoms with van der Waals surface area (Å²) in [7, 11) is 2.02. The summed E-state index contributed by atoms with van der Waals surface area (Å²) in [6.45, 7) is 8.93. The number of aromatic nitrogens is 2. The van der Waals surface area contributed by atoms with Crippen LogP contribution in [0.15, 0.2) is 6.07 Å². The molecule has 2 nitrogen and oxygen atoms in total. The van der Waals surface area contributed by atoms with Gasteiger partial charge in [-0.05, 0) is 30.7 Å². The average Bonchev–Trinajstić information content (AvgIpc) is 2.38. The van der Waals surface area contributed by atoms with Gasteiger partial charge in [0.1, 0.15) is 0 Å². The lowest BCUT2D eigenvalue weighted by molar-refractivity contribution is 0.263. The minimum absolute atomic E-state index is 0.335. The molecule has 0 spiro atoms. The standard InChI is InChI=1S/C12H21BrN2/c1-9-6-11(15(5)14-9)7-10(8-13)12(2,3)4/h6,10H,7-8H2,1-5H3. The third kappa shape index (κ3) is 3.33. The van der Waals surface area contributed by atoms with Gasteiger partial charge < -0.3 is 0 Å². The number of rotatable bonds is 3. The van der Waals surface area contributed by atoms with Gasteiger partial charge in [0.25, 0.3) is 0 Å². The van der Waals surface area contributed by atoms with E-state index in [-0.39, 0.29) is 0 Å². The summed E-state index contributed by atoms with van der Waals surface area (Å²) < 4.78 is 2.00. The Labute approximate surface area is 101 Å². The normalized spacial score (nSPS) is 14.3. The summed E-state index contributed by atoms with van der Waals surface area (Å²) in [6, 6.07) is 2.18. The molecular weight excluding hydrogens is 252 g/mol. The third-order valence-corrected chi connectivity index (χ3v) is 3.75. The summed E-state index contributed by atoms with van der Waals surface area (Å²) in [6.07, 6.45) is 1.09. The van der Waals surface area contributed by atoms with Crippen LogP contribution in [0.3, 0.4) is 0 Å². The van der Waals surface area contributed by atoms with Crippen molar-refractivity contribution in [2.24, 2.45) is 18.4 Å². The minimum atomic E-state index is 0.335. The molecule has 15 heavy (non-hydrogen) atoms. The first-order valence-electron chi connectivity index (χ1n) is 5.40. The fraction of sp³-hybridized carbons (Fsp3) is 0.750. The number of aryl methyl sites for hydroxylation is 2. The van der Waals surface area contributed by atoms with E-state index in [0.717, 1.165) is 17.4 Å². The van der Waals surface area contributed by atoms with Crippen LogP contribution in [0, 0.1) is 18.3 Å². The van der Waals surface area contributed by atoms with Crippen molar-refractivity contribution in [1.29, 1.82) is 0 Å². The number of halogens is 1. The summed E-state index contributed by atoms with van der Waals surface area (Å²) in [5, 5.41) is 5.42. The van der Waals surface area contributed by atoms with Crippen molar-refractivity contribution < 1.29 is 0 Å². The van der Waals surface area contributed by atoms with E-state index in [4.69, 9.17) is 0 Å².